The molecular formula is C25H27NO5S. The molecule has 3 aromatic carbocycles. The van der Waals surface area contributed by atoms with Gasteiger partial charge >= 0.3 is 16.1 Å². The number of esters is 1. The lowest BCUT2D eigenvalue weighted by atomic mass is 9.82. The number of nitrogens with two attached hydrogens (primary N) is 1. The van der Waals surface area contributed by atoms with Crippen molar-refractivity contribution in [1.82, 2.24) is 0 Å². The molecule has 0 saturated carbocycles. The van der Waals surface area contributed by atoms with Crippen molar-refractivity contribution in [2.24, 2.45) is 5.73 Å². The maximum atomic E-state index is 12.5. The Morgan fingerprint density at radius 1 is 0.938 bits per heavy atom. The SMILES string of the molecule is CCOC(=O)CC(N)(Cc1ccccc1)c1ccc(OS(=O)(=O)c2ccc(C)cc2)cc1. The van der Waals surface area contributed by atoms with Crippen molar-refractivity contribution in [3.8, 4) is 5.75 Å². The highest BCUT2D eigenvalue weighted by Crippen LogP contribution is 2.30. The monoisotopic (exact) mass is 453 g/mol. The number of hydrogen-bond donors (Lipinski definition) is 1. The second-order valence-electron chi connectivity index (χ2n) is 7.68. The molecule has 3 rings (SSSR count). The topological polar surface area (TPSA) is 95.7 Å². The van der Waals surface area contributed by atoms with Crippen LogP contribution in [-0.2, 0) is 31.6 Å². The minimum Gasteiger partial charge on any atom is -0.466 e. The Labute approximate surface area is 189 Å². The molecule has 0 aromatic heterocycles. The van der Waals surface area contributed by atoms with Crippen molar-refractivity contribution in [3.05, 3.63) is 95.6 Å². The Balaban J connectivity index is 1.85. The number of benzene rings is 3. The Morgan fingerprint density at radius 2 is 1.56 bits per heavy atom. The van der Waals surface area contributed by atoms with Gasteiger partial charge in [-0.3, -0.25) is 4.79 Å². The van der Waals surface area contributed by atoms with Crippen LogP contribution in [0.2, 0.25) is 0 Å². The van der Waals surface area contributed by atoms with Gasteiger partial charge in [-0.1, -0.05) is 60.2 Å². The van der Waals surface area contributed by atoms with Gasteiger partial charge in [0.05, 0.1) is 18.6 Å². The largest absolute Gasteiger partial charge is 0.466 e. The van der Waals surface area contributed by atoms with Gasteiger partial charge in [0.25, 0.3) is 0 Å². The van der Waals surface area contributed by atoms with Gasteiger partial charge in [-0.25, -0.2) is 0 Å². The van der Waals surface area contributed by atoms with Gasteiger partial charge in [-0.15, -0.1) is 0 Å². The average Bonchev–Trinajstić information content (AvgIpc) is 2.75. The molecular weight excluding hydrogens is 426 g/mol. The van der Waals surface area contributed by atoms with E-state index in [0.717, 1.165) is 11.1 Å². The quantitative estimate of drug-likeness (QED) is 0.387. The summed E-state index contributed by atoms with van der Waals surface area (Å²) in [4.78, 5) is 12.3. The average molecular weight is 454 g/mol. The summed E-state index contributed by atoms with van der Waals surface area (Å²) >= 11 is 0. The first-order chi connectivity index (χ1) is 15.2. The lowest BCUT2D eigenvalue weighted by Crippen LogP contribution is -2.41. The fourth-order valence-electron chi connectivity index (χ4n) is 3.42. The van der Waals surface area contributed by atoms with E-state index in [-0.39, 0.29) is 23.7 Å². The van der Waals surface area contributed by atoms with E-state index in [1.165, 1.54) is 12.1 Å². The van der Waals surface area contributed by atoms with E-state index < -0.39 is 21.6 Å². The Bertz CT molecular complexity index is 1140. The van der Waals surface area contributed by atoms with E-state index in [9.17, 15) is 13.2 Å². The summed E-state index contributed by atoms with van der Waals surface area (Å²) in [5.74, 6) is -0.235. The van der Waals surface area contributed by atoms with E-state index >= 15 is 0 Å². The van der Waals surface area contributed by atoms with E-state index in [0.29, 0.717) is 12.0 Å². The molecule has 1 atom stereocenters. The van der Waals surface area contributed by atoms with Crippen LogP contribution in [0.15, 0.2) is 83.8 Å². The van der Waals surface area contributed by atoms with Gasteiger partial charge in [0.1, 0.15) is 10.6 Å². The van der Waals surface area contributed by atoms with Crippen LogP contribution in [0.3, 0.4) is 0 Å². The van der Waals surface area contributed by atoms with Gasteiger partial charge in [0, 0.05) is 0 Å². The van der Waals surface area contributed by atoms with E-state index in [2.05, 4.69) is 0 Å². The molecule has 0 spiro atoms. The van der Waals surface area contributed by atoms with Crippen molar-refractivity contribution < 1.29 is 22.1 Å². The minimum atomic E-state index is -3.96. The molecule has 168 valence electrons. The van der Waals surface area contributed by atoms with E-state index in [4.69, 9.17) is 14.7 Å². The molecule has 0 aliphatic heterocycles. The Morgan fingerprint density at radius 3 is 2.16 bits per heavy atom. The van der Waals surface area contributed by atoms with Crippen molar-refractivity contribution in [2.75, 3.05) is 6.61 Å². The highest BCUT2D eigenvalue weighted by molar-refractivity contribution is 7.87. The predicted molar refractivity (Wildman–Crippen MR) is 123 cm³/mol. The third-order valence-electron chi connectivity index (χ3n) is 5.07. The van der Waals surface area contributed by atoms with Gasteiger partial charge < -0.3 is 14.7 Å². The first-order valence-corrected chi connectivity index (χ1v) is 11.7. The van der Waals surface area contributed by atoms with E-state index in [1.807, 2.05) is 37.3 Å². The maximum absolute atomic E-state index is 12.5. The van der Waals surface area contributed by atoms with Crippen LogP contribution >= 0.6 is 0 Å². The molecule has 32 heavy (non-hydrogen) atoms. The lowest BCUT2D eigenvalue weighted by molar-refractivity contribution is -0.144. The van der Waals surface area contributed by atoms with Gasteiger partial charge in [0.2, 0.25) is 0 Å². The fraction of sp³-hybridized carbons (Fsp3) is 0.240. The summed E-state index contributed by atoms with van der Waals surface area (Å²) < 4.78 is 35.5. The summed E-state index contributed by atoms with van der Waals surface area (Å²) in [7, 11) is -3.96. The first-order valence-electron chi connectivity index (χ1n) is 10.3. The molecule has 0 heterocycles. The number of aryl methyl sites for hydroxylation is 1. The highest BCUT2D eigenvalue weighted by atomic mass is 32.2. The molecule has 0 radical (unpaired) electrons. The van der Waals surface area contributed by atoms with Gasteiger partial charge in [-0.2, -0.15) is 8.42 Å². The molecule has 2 N–H and O–H groups in total. The molecule has 0 aliphatic carbocycles. The molecule has 0 bridgehead atoms. The van der Waals surface area contributed by atoms with Crippen LogP contribution in [0, 0.1) is 6.92 Å². The van der Waals surface area contributed by atoms with Crippen LogP contribution in [0.4, 0.5) is 0 Å². The van der Waals surface area contributed by atoms with Gasteiger partial charge in [-0.05, 0) is 55.7 Å². The predicted octanol–water partition coefficient (Wildman–Crippen LogP) is 4.11. The second-order valence-corrected chi connectivity index (χ2v) is 9.22. The summed E-state index contributed by atoms with van der Waals surface area (Å²) in [6.07, 6.45) is 0.395. The third-order valence-corrected chi connectivity index (χ3v) is 6.33. The molecule has 0 amide bonds. The second kappa shape index (κ2) is 9.97. The molecule has 7 heteroatoms. The zero-order chi connectivity index (χ0) is 23.2. The first kappa shape index (κ1) is 23.5. The molecule has 1 unspecified atom stereocenters. The van der Waals surface area contributed by atoms with Crippen LogP contribution in [-0.4, -0.2) is 21.0 Å². The summed E-state index contributed by atoms with van der Waals surface area (Å²) in [5.41, 5.74) is 8.28. The van der Waals surface area contributed by atoms with E-state index in [1.54, 1.807) is 43.3 Å². The van der Waals surface area contributed by atoms with Crippen molar-refractivity contribution >= 4 is 16.1 Å². The molecule has 0 aliphatic rings. The number of carbonyl (C=O) groups excluding carboxylic acids is 1. The van der Waals surface area contributed by atoms with Crippen molar-refractivity contribution in [2.45, 2.75) is 37.1 Å². The highest BCUT2D eigenvalue weighted by Gasteiger charge is 2.32. The normalized spacial score (nSPS) is 13.2. The zero-order valence-electron chi connectivity index (χ0n) is 18.2. The fourth-order valence-corrected chi connectivity index (χ4v) is 4.35. The number of ether oxygens (including phenoxy) is 1. The number of hydrogen-bond acceptors (Lipinski definition) is 6. The van der Waals surface area contributed by atoms with Crippen LogP contribution < -0.4 is 9.92 Å². The summed E-state index contributed by atoms with van der Waals surface area (Å²) in [6, 6.07) is 22.5. The minimum absolute atomic E-state index is 0.0163. The summed E-state index contributed by atoms with van der Waals surface area (Å²) in [5, 5.41) is 0. The smallest absolute Gasteiger partial charge is 0.339 e. The third kappa shape index (κ3) is 5.96. The summed E-state index contributed by atoms with van der Waals surface area (Å²) in [6.45, 7) is 3.89. The Kier molecular flexibility index (Phi) is 7.33. The molecule has 0 saturated heterocycles. The van der Waals surface area contributed by atoms with Crippen LogP contribution in [0.5, 0.6) is 5.75 Å². The van der Waals surface area contributed by atoms with Crippen LogP contribution in [0.1, 0.15) is 30.0 Å². The molecule has 0 fully saturated rings. The standard InChI is InChI=1S/C25H27NO5S/c1-3-30-24(27)18-25(26,17-20-7-5-4-6-8-20)21-11-13-22(14-12-21)31-32(28,29)23-15-9-19(2)10-16-23/h4-16H,3,17-18,26H2,1-2H3. The van der Waals surface area contributed by atoms with Crippen LogP contribution in [0.25, 0.3) is 0 Å². The molecule has 6 nitrogen and oxygen atoms in total. The lowest BCUT2D eigenvalue weighted by Gasteiger charge is -2.29. The van der Waals surface area contributed by atoms with Crippen molar-refractivity contribution in [1.29, 1.82) is 0 Å². The van der Waals surface area contributed by atoms with Crippen molar-refractivity contribution in [3.63, 3.8) is 0 Å². The number of carbonyl (C=O) groups is 1. The molecule has 3 aromatic rings. The zero-order valence-corrected chi connectivity index (χ0v) is 19.0. The van der Waals surface area contributed by atoms with Gasteiger partial charge in [0.15, 0.2) is 0 Å². The number of rotatable bonds is 9. The maximum Gasteiger partial charge on any atom is 0.339 e. The Hall–Kier alpha value is -3.16.